The maximum atomic E-state index is 2.34. The average molecular weight is 112 g/mol. The van der Waals surface area contributed by atoms with Crippen LogP contribution in [0.4, 0.5) is 0 Å². The minimum absolute atomic E-state index is 0.583. The Bertz CT molecular complexity index is 86.7. The fourth-order valence-electron chi connectivity index (χ4n) is 1.53. The molecule has 0 heterocycles. The van der Waals surface area contributed by atoms with Gasteiger partial charge in [-0.05, 0) is 23.7 Å². The molecule has 8 heavy (non-hydrogen) atoms. The summed E-state index contributed by atoms with van der Waals surface area (Å²) in [5, 5.41) is 0. The van der Waals surface area contributed by atoms with E-state index in [1.54, 1.807) is 0 Å². The number of hydrogen-bond donors (Lipinski definition) is 0. The van der Waals surface area contributed by atoms with Crippen molar-refractivity contribution >= 4 is 0 Å². The first-order valence-corrected chi connectivity index (χ1v) is 3.52. The lowest BCUT2D eigenvalue weighted by Crippen LogP contribution is -2.08. The van der Waals surface area contributed by atoms with Gasteiger partial charge in [0.15, 0.2) is 0 Å². The second-order valence-corrected chi connectivity index (χ2v) is 4.19. The lowest BCUT2D eigenvalue weighted by molar-refractivity contribution is 0.334. The Morgan fingerprint density at radius 2 is 1.62 bits per heavy atom. The molecule has 0 N–H and O–H groups in total. The van der Waals surface area contributed by atoms with Crippen LogP contribution in [0.1, 0.15) is 34.1 Å². The van der Waals surface area contributed by atoms with Crippen molar-refractivity contribution in [3.63, 3.8) is 0 Å². The van der Waals surface area contributed by atoms with Crippen molar-refractivity contribution in [1.29, 1.82) is 0 Å². The van der Waals surface area contributed by atoms with Crippen LogP contribution in [0.2, 0.25) is 0 Å². The molecular weight excluding hydrogens is 96.1 g/mol. The van der Waals surface area contributed by atoms with Crippen molar-refractivity contribution < 1.29 is 0 Å². The molecule has 0 saturated heterocycles. The number of hydrogen-bond acceptors (Lipinski definition) is 0. The second-order valence-electron chi connectivity index (χ2n) is 4.19. The van der Waals surface area contributed by atoms with Crippen LogP contribution in [0, 0.1) is 17.3 Å². The van der Waals surface area contributed by atoms with Gasteiger partial charge in [-0.2, -0.15) is 0 Å². The zero-order valence-electron chi connectivity index (χ0n) is 6.36. The van der Waals surface area contributed by atoms with E-state index in [9.17, 15) is 0 Å². The third-order valence-electron chi connectivity index (χ3n) is 2.22. The molecule has 0 nitrogen and oxygen atoms in total. The van der Waals surface area contributed by atoms with Gasteiger partial charge in [-0.15, -0.1) is 0 Å². The Balaban J connectivity index is 2.39. The van der Waals surface area contributed by atoms with Crippen LogP contribution in [0.3, 0.4) is 0 Å². The molecule has 0 spiro atoms. The van der Waals surface area contributed by atoms with Crippen molar-refractivity contribution in [1.82, 2.24) is 0 Å². The molecule has 0 radical (unpaired) electrons. The summed E-state index contributed by atoms with van der Waals surface area (Å²) in [7, 11) is 0. The fourth-order valence-corrected chi connectivity index (χ4v) is 1.53. The molecule has 0 heteroatoms. The maximum Gasteiger partial charge on any atom is -0.0337 e. The minimum atomic E-state index is 0.583. The molecule has 0 aromatic heterocycles. The van der Waals surface area contributed by atoms with Gasteiger partial charge in [0.2, 0.25) is 0 Å². The molecular formula is C8H16. The summed E-state index contributed by atoms with van der Waals surface area (Å²) in [5.41, 5.74) is 0.583. The second kappa shape index (κ2) is 1.49. The van der Waals surface area contributed by atoms with Gasteiger partial charge in [0, 0.05) is 0 Å². The average Bonchev–Trinajstić information content (AvgIpc) is 2.13. The van der Waals surface area contributed by atoms with Gasteiger partial charge in [-0.25, -0.2) is 0 Å². The van der Waals surface area contributed by atoms with Crippen LogP contribution in [0.25, 0.3) is 0 Å². The third kappa shape index (κ3) is 1.04. The van der Waals surface area contributed by atoms with Gasteiger partial charge < -0.3 is 0 Å². The fraction of sp³-hybridized carbons (Fsp3) is 1.00. The Hall–Kier alpha value is 0. The van der Waals surface area contributed by atoms with E-state index in [4.69, 9.17) is 0 Å². The quantitative estimate of drug-likeness (QED) is 0.452. The van der Waals surface area contributed by atoms with E-state index in [1.807, 2.05) is 0 Å². The number of rotatable bonds is 0. The van der Waals surface area contributed by atoms with Gasteiger partial charge in [0.05, 0.1) is 0 Å². The minimum Gasteiger partial charge on any atom is -0.0622 e. The van der Waals surface area contributed by atoms with E-state index in [1.165, 1.54) is 6.42 Å². The highest BCUT2D eigenvalue weighted by Gasteiger charge is 2.41. The molecule has 0 aromatic carbocycles. The van der Waals surface area contributed by atoms with E-state index in [0.29, 0.717) is 5.41 Å². The summed E-state index contributed by atoms with van der Waals surface area (Å²) in [6.45, 7) is 9.35. The highest BCUT2D eigenvalue weighted by atomic mass is 14.5. The Morgan fingerprint density at radius 3 is 1.62 bits per heavy atom. The molecule has 0 bridgehead atoms. The van der Waals surface area contributed by atoms with Crippen molar-refractivity contribution in [2.45, 2.75) is 34.1 Å². The summed E-state index contributed by atoms with van der Waals surface area (Å²) < 4.78 is 0. The first-order valence-electron chi connectivity index (χ1n) is 3.52. The first kappa shape index (κ1) is 6.12. The van der Waals surface area contributed by atoms with Gasteiger partial charge >= 0.3 is 0 Å². The van der Waals surface area contributed by atoms with Crippen LogP contribution in [-0.4, -0.2) is 0 Å². The Morgan fingerprint density at radius 1 is 1.25 bits per heavy atom. The van der Waals surface area contributed by atoms with Crippen molar-refractivity contribution in [3.05, 3.63) is 0 Å². The summed E-state index contributed by atoms with van der Waals surface area (Å²) in [4.78, 5) is 0. The van der Waals surface area contributed by atoms with Crippen LogP contribution < -0.4 is 0 Å². The van der Waals surface area contributed by atoms with Crippen LogP contribution in [-0.2, 0) is 0 Å². The van der Waals surface area contributed by atoms with Crippen LogP contribution in [0.15, 0.2) is 0 Å². The largest absolute Gasteiger partial charge is 0.0622 e. The Kier molecular flexibility index (Phi) is 1.14. The molecule has 1 rings (SSSR count). The molecule has 0 aliphatic heterocycles. The highest BCUT2D eigenvalue weighted by molar-refractivity contribution is 4.90. The van der Waals surface area contributed by atoms with Crippen molar-refractivity contribution in [3.8, 4) is 0 Å². The van der Waals surface area contributed by atoms with E-state index < -0.39 is 0 Å². The monoisotopic (exact) mass is 112 g/mol. The zero-order valence-corrected chi connectivity index (χ0v) is 6.36. The van der Waals surface area contributed by atoms with E-state index >= 15 is 0 Å². The van der Waals surface area contributed by atoms with E-state index in [0.717, 1.165) is 11.8 Å². The normalized spacial score (nSPS) is 37.5. The molecule has 2 atom stereocenters. The lowest BCUT2D eigenvalue weighted by atomic mass is 9.89. The summed E-state index contributed by atoms with van der Waals surface area (Å²) in [5.74, 6) is 2.03. The lowest BCUT2D eigenvalue weighted by Gasteiger charge is -2.16. The molecule has 1 saturated carbocycles. The van der Waals surface area contributed by atoms with Gasteiger partial charge in [0.25, 0.3) is 0 Å². The molecule has 1 fully saturated rings. The maximum absolute atomic E-state index is 2.34. The van der Waals surface area contributed by atoms with Gasteiger partial charge in [0.1, 0.15) is 0 Å². The van der Waals surface area contributed by atoms with E-state index in [-0.39, 0.29) is 0 Å². The molecule has 1 aliphatic rings. The molecule has 1 aliphatic carbocycles. The molecule has 0 unspecified atom stereocenters. The van der Waals surface area contributed by atoms with Crippen molar-refractivity contribution in [2.24, 2.45) is 17.3 Å². The van der Waals surface area contributed by atoms with Crippen LogP contribution in [0.5, 0.6) is 0 Å². The predicted molar refractivity (Wildman–Crippen MR) is 36.7 cm³/mol. The zero-order chi connectivity index (χ0) is 6.36. The SMILES string of the molecule is C[C@H]1C[C@@H]1C(C)(C)C. The summed E-state index contributed by atoms with van der Waals surface area (Å²) in [6.07, 6.45) is 1.46. The van der Waals surface area contributed by atoms with Gasteiger partial charge in [-0.3, -0.25) is 0 Å². The smallest absolute Gasteiger partial charge is 0.0337 e. The summed E-state index contributed by atoms with van der Waals surface area (Å²) in [6, 6.07) is 0. The highest BCUT2D eigenvalue weighted by Crippen LogP contribution is 2.49. The Labute approximate surface area is 52.3 Å². The molecule has 0 amide bonds. The molecule has 48 valence electrons. The standard InChI is InChI=1S/C8H16/c1-6-5-7(6)8(2,3)4/h6-7H,5H2,1-4H3/t6-,7-/m0/s1. The summed E-state index contributed by atoms with van der Waals surface area (Å²) >= 11 is 0. The molecule has 0 aromatic rings. The van der Waals surface area contributed by atoms with E-state index in [2.05, 4.69) is 27.7 Å². The topological polar surface area (TPSA) is 0 Å². The predicted octanol–water partition coefficient (Wildman–Crippen LogP) is 2.69. The third-order valence-corrected chi connectivity index (χ3v) is 2.22. The first-order chi connectivity index (χ1) is 3.52. The van der Waals surface area contributed by atoms with Crippen LogP contribution >= 0.6 is 0 Å². The van der Waals surface area contributed by atoms with Crippen molar-refractivity contribution in [2.75, 3.05) is 0 Å². The van der Waals surface area contributed by atoms with Gasteiger partial charge in [-0.1, -0.05) is 27.7 Å².